The number of benzene rings is 1. The SMILES string of the molecule is CNC1CCN(C(=O)c2nccnc2C(=O)NCc2ccc(F)cc2)CC1.Cl. The normalized spacial score (nSPS) is 14.3. The van der Waals surface area contributed by atoms with Gasteiger partial charge in [0.2, 0.25) is 0 Å². The molecule has 0 radical (unpaired) electrons. The number of likely N-dealkylation sites (tertiary alicyclic amines) is 1. The predicted octanol–water partition coefficient (Wildman–Crippen LogP) is 1.79. The zero-order valence-corrected chi connectivity index (χ0v) is 16.3. The molecule has 1 aliphatic rings. The van der Waals surface area contributed by atoms with Crippen molar-refractivity contribution < 1.29 is 14.0 Å². The minimum Gasteiger partial charge on any atom is -0.347 e. The maximum atomic E-state index is 13.0. The molecule has 0 atom stereocenters. The quantitative estimate of drug-likeness (QED) is 0.789. The van der Waals surface area contributed by atoms with Crippen LogP contribution in [0.15, 0.2) is 36.7 Å². The van der Waals surface area contributed by atoms with E-state index < -0.39 is 5.91 Å². The number of hydrogen-bond donors (Lipinski definition) is 2. The maximum Gasteiger partial charge on any atom is 0.274 e. The Hall–Kier alpha value is -2.58. The van der Waals surface area contributed by atoms with E-state index in [0.29, 0.717) is 19.1 Å². The molecule has 28 heavy (non-hydrogen) atoms. The van der Waals surface area contributed by atoms with Crippen molar-refractivity contribution in [3.63, 3.8) is 0 Å². The van der Waals surface area contributed by atoms with Crippen LogP contribution in [-0.2, 0) is 6.54 Å². The molecule has 7 nitrogen and oxygen atoms in total. The minimum absolute atomic E-state index is 0. The highest BCUT2D eigenvalue weighted by Gasteiger charge is 2.27. The van der Waals surface area contributed by atoms with Crippen LogP contribution in [0.25, 0.3) is 0 Å². The largest absolute Gasteiger partial charge is 0.347 e. The van der Waals surface area contributed by atoms with Crippen molar-refractivity contribution >= 4 is 24.2 Å². The van der Waals surface area contributed by atoms with Crippen molar-refractivity contribution in [3.05, 3.63) is 59.4 Å². The van der Waals surface area contributed by atoms with Gasteiger partial charge in [-0.25, -0.2) is 14.4 Å². The second kappa shape index (κ2) is 10.1. The van der Waals surface area contributed by atoms with Crippen LogP contribution in [0.3, 0.4) is 0 Å². The Kier molecular flexibility index (Phi) is 7.83. The lowest BCUT2D eigenvalue weighted by Crippen LogP contribution is -2.44. The fourth-order valence-corrected chi connectivity index (χ4v) is 3.05. The summed E-state index contributed by atoms with van der Waals surface area (Å²) in [5.74, 6) is -1.11. The number of carbonyl (C=O) groups is 2. The first kappa shape index (κ1) is 21.7. The molecule has 1 saturated heterocycles. The molecule has 1 aromatic heterocycles. The molecule has 150 valence electrons. The van der Waals surface area contributed by atoms with E-state index in [1.54, 1.807) is 17.0 Å². The maximum absolute atomic E-state index is 13.0. The number of nitrogens with zero attached hydrogens (tertiary/aromatic N) is 3. The van der Waals surface area contributed by atoms with E-state index in [1.165, 1.54) is 24.5 Å². The van der Waals surface area contributed by atoms with Crippen molar-refractivity contribution in [2.24, 2.45) is 0 Å². The van der Waals surface area contributed by atoms with E-state index in [9.17, 15) is 14.0 Å². The highest BCUT2D eigenvalue weighted by Crippen LogP contribution is 2.14. The summed E-state index contributed by atoms with van der Waals surface area (Å²) in [4.78, 5) is 35.2. The summed E-state index contributed by atoms with van der Waals surface area (Å²) in [5, 5.41) is 5.92. The summed E-state index contributed by atoms with van der Waals surface area (Å²) in [6.07, 6.45) is 4.50. The van der Waals surface area contributed by atoms with Gasteiger partial charge in [0, 0.05) is 38.1 Å². The third kappa shape index (κ3) is 5.24. The number of halogens is 2. The molecule has 0 bridgehead atoms. The van der Waals surface area contributed by atoms with E-state index in [-0.39, 0.29) is 42.1 Å². The van der Waals surface area contributed by atoms with Gasteiger partial charge in [-0.3, -0.25) is 9.59 Å². The van der Waals surface area contributed by atoms with Gasteiger partial charge < -0.3 is 15.5 Å². The number of rotatable bonds is 5. The highest BCUT2D eigenvalue weighted by atomic mass is 35.5. The van der Waals surface area contributed by atoms with Crippen LogP contribution in [0.5, 0.6) is 0 Å². The van der Waals surface area contributed by atoms with Crippen LogP contribution >= 0.6 is 12.4 Å². The number of aromatic nitrogens is 2. The first-order valence-electron chi connectivity index (χ1n) is 8.88. The predicted molar refractivity (Wildman–Crippen MR) is 105 cm³/mol. The van der Waals surface area contributed by atoms with Crippen molar-refractivity contribution in [2.45, 2.75) is 25.4 Å². The van der Waals surface area contributed by atoms with Gasteiger partial charge >= 0.3 is 0 Å². The molecule has 1 aliphatic heterocycles. The third-order valence-electron chi connectivity index (χ3n) is 4.67. The molecule has 2 heterocycles. The molecule has 0 unspecified atom stereocenters. The van der Waals surface area contributed by atoms with E-state index in [4.69, 9.17) is 0 Å². The number of carbonyl (C=O) groups excluding carboxylic acids is 2. The molecule has 2 aromatic rings. The monoisotopic (exact) mass is 407 g/mol. The number of hydrogen-bond acceptors (Lipinski definition) is 5. The van der Waals surface area contributed by atoms with Gasteiger partial charge in [0.1, 0.15) is 5.82 Å². The molecule has 3 rings (SSSR count). The van der Waals surface area contributed by atoms with Crippen molar-refractivity contribution in [2.75, 3.05) is 20.1 Å². The second-order valence-electron chi connectivity index (χ2n) is 6.42. The van der Waals surface area contributed by atoms with Gasteiger partial charge in [0.25, 0.3) is 11.8 Å². The fourth-order valence-electron chi connectivity index (χ4n) is 3.05. The third-order valence-corrected chi connectivity index (χ3v) is 4.67. The second-order valence-corrected chi connectivity index (χ2v) is 6.42. The fraction of sp³-hybridized carbons (Fsp3) is 0.368. The van der Waals surface area contributed by atoms with Crippen LogP contribution < -0.4 is 10.6 Å². The molecule has 0 spiro atoms. The first-order chi connectivity index (χ1) is 13.1. The summed E-state index contributed by atoms with van der Waals surface area (Å²) in [7, 11) is 1.91. The van der Waals surface area contributed by atoms with E-state index >= 15 is 0 Å². The van der Waals surface area contributed by atoms with Gasteiger partial charge in [-0.05, 0) is 37.6 Å². The zero-order chi connectivity index (χ0) is 19.2. The van der Waals surface area contributed by atoms with Crippen LogP contribution in [0, 0.1) is 5.82 Å². The average molecular weight is 408 g/mol. The zero-order valence-electron chi connectivity index (χ0n) is 15.5. The van der Waals surface area contributed by atoms with Crippen molar-refractivity contribution in [1.82, 2.24) is 25.5 Å². The molecule has 9 heteroatoms. The summed E-state index contributed by atoms with van der Waals surface area (Å²) in [6.45, 7) is 1.42. The van der Waals surface area contributed by atoms with Gasteiger partial charge in [0.05, 0.1) is 0 Å². The van der Waals surface area contributed by atoms with Crippen LogP contribution in [-0.4, -0.2) is 52.9 Å². The van der Waals surface area contributed by atoms with E-state index in [2.05, 4.69) is 20.6 Å². The Morgan fingerprint density at radius 2 is 1.71 bits per heavy atom. The molecule has 2 N–H and O–H groups in total. The Morgan fingerprint density at radius 3 is 2.32 bits per heavy atom. The molecular weight excluding hydrogens is 385 g/mol. The van der Waals surface area contributed by atoms with Crippen LogP contribution in [0.2, 0.25) is 0 Å². The Balaban J connectivity index is 0.00000280. The minimum atomic E-state index is -0.485. The number of nitrogens with one attached hydrogen (secondary N) is 2. The topological polar surface area (TPSA) is 87.2 Å². The standard InChI is InChI=1S/C19H22FN5O2.ClH/c1-21-15-6-10-25(11-7-15)19(27)17-16(22-8-9-23-17)18(26)24-12-13-2-4-14(20)5-3-13;/h2-5,8-9,15,21H,6-7,10-12H2,1H3,(H,24,26);1H. The Morgan fingerprint density at radius 1 is 1.11 bits per heavy atom. The van der Waals surface area contributed by atoms with Crippen molar-refractivity contribution in [1.29, 1.82) is 0 Å². The lowest BCUT2D eigenvalue weighted by atomic mass is 10.0. The Bertz CT molecular complexity index is 810. The summed E-state index contributed by atoms with van der Waals surface area (Å²) >= 11 is 0. The van der Waals surface area contributed by atoms with Gasteiger partial charge in [0.15, 0.2) is 11.4 Å². The smallest absolute Gasteiger partial charge is 0.274 e. The lowest BCUT2D eigenvalue weighted by Gasteiger charge is -2.31. The van der Waals surface area contributed by atoms with Crippen LogP contribution in [0.1, 0.15) is 39.4 Å². The van der Waals surface area contributed by atoms with Crippen molar-refractivity contribution in [3.8, 4) is 0 Å². The average Bonchev–Trinajstić information content (AvgIpc) is 2.72. The molecule has 0 saturated carbocycles. The summed E-state index contributed by atoms with van der Waals surface area (Å²) in [5.41, 5.74) is 0.799. The summed E-state index contributed by atoms with van der Waals surface area (Å²) < 4.78 is 13.0. The molecule has 0 aliphatic carbocycles. The molecular formula is C19H23ClFN5O2. The summed E-state index contributed by atoms with van der Waals surface area (Å²) in [6, 6.07) is 6.23. The first-order valence-corrected chi connectivity index (χ1v) is 8.88. The number of amides is 2. The molecule has 1 fully saturated rings. The number of piperidine rings is 1. The Labute approximate surface area is 169 Å². The van der Waals surface area contributed by atoms with Gasteiger partial charge in [-0.15, -0.1) is 12.4 Å². The lowest BCUT2D eigenvalue weighted by molar-refractivity contribution is 0.0694. The molecule has 2 amide bonds. The highest BCUT2D eigenvalue weighted by molar-refractivity contribution is 6.04. The van der Waals surface area contributed by atoms with Gasteiger partial charge in [-0.1, -0.05) is 12.1 Å². The van der Waals surface area contributed by atoms with E-state index in [1.807, 2.05) is 7.05 Å². The van der Waals surface area contributed by atoms with E-state index in [0.717, 1.165) is 18.4 Å². The van der Waals surface area contributed by atoms with Gasteiger partial charge in [-0.2, -0.15) is 0 Å². The molecule has 1 aromatic carbocycles. The van der Waals surface area contributed by atoms with Crippen LogP contribution in [0.4, 0.5) is 4.39 Å².